The van der Waals surface area contributed by atoms with E-state index < -0.39 is 11.6 Å². The molecule has 2 aliphatic rings. The number of piperidine rings is 1. The van der Waals surface area contributed by atoms with Crippen molar-refractivity contribution in [3.63, 3.8) is 0 Å². The molecule has 2 aromatic carbocycles. The molecule has 0 aromatic heterocycles. The van der Waals surface area contributed by atoms with Crippen LogP contribution in [0.1, 0.15) is 24.8 Å². The standard InChI is InChI=1S/C21H20Br2N2O3/c22-15-3-1-14(2-4-15)21(28)9-11-24(12-10-21)18-13-19(26)25(20(18)27)17-7-5-16(23)6-8-17/h1-8,18,28H,9-13H2. The van der Waals surface area contributed by atoms with Crippen LogP contribution < -0.4 is 4.90 Å². The van der Waals surface area contributed by atoms with Crippen molar-refractivity contribution in [2.24, 2.45) is 0 Å². The smallest absolute Gasteiger partial charge is 0.251 e. The third-order valence-corrected chi connectivity index (χ3v) is 6.71. The van der Waals surface area contributed by atoms with Crippen LogP contribution in [-0.4, -0.2) is 41.0 Å². The lowest BCUT2D eigenvalue weighted by molar-refractivity contribution is -0.124. The average Bonchev–Trinajstić information content (AvgIpc) is 2.98. The van der Waals surface area contributed by atoms with Crippen molar-refractivity contribution in [2.45, 2.75) is 30.9 Å². The average molecular weight is 508 g/mol. The Hall–Kier alpha value is -1.54. The van der Waals surface area contributed by atoms with E-state index in [1.807, 2.05) is 41.3 Å². The van der Waals surface area contributed by atoms with Gasteiger partial charge in [-0.25, -0.2) is 4.90 Å². The zero-order valence-corrected chi connectivity index (χ0v) is 18.3. The predicted molar refractivity (Wildman–Crippen MR) is 114 cm³/mol. The van der Waals surface area contributed by atoms with E-state index in [4.69, 9.17) is 0 Å². The topological polar surface area (TPSA) is 60.9 Å². The molecule has 2 saturated heterocycles. The second-order valence-electron chi connectivity index (χ2n) is 7.34. The molecule has 1 atom stereocenters. The van der Waals surface area contributed by atoms with Gasteiger partial charge >= 0.3 is 0 Å². The van der Waals surface area contributed by atoms with Crippen LogP contribution in [0.2, 0.25) is 0 Å². The van der Waals surface area contributed by atoms with E-state index >= 15 is 0 Å². The lowest BCUT2D eigenvalue weighted by atomic mass is 9.84. The fourth-order valence-electron chi connectivity index (χ4n) is 4.02. The number of imide groups is 1. The third-order valence-electron chi connectivity index (χ3n) is 5.66. The van der Waals surface area contributed by atoms with Gasteiger partial charge in [0.25, 0.3) is 5.91 Å². The van der Waals surface area contributed by atoms with Crippen LogP contribution in [-0.2, 0) is 15.2 Å². The first kappa shape index (κ1) is 19.8. The van der Waals surface area contributed by atoms with Crippen molar-refractivity contribution in [1.82, 2.24) is 4.90 Å². The van der Waals surface area contributed by atoms with Crippen LogP contribution in [0.25, 0.3) is 0 Å². The zero-order chi connectivity index (χ0) is 19.9. The summed E-state index contributed by atoms with van der Waals surface area (Å²) in [7, 11) is 0. The molecule has 0 aliphatic carbocycles. The van der Waals surface area contributed by atoms with E-state index in [1.165, 1.54) is 4.90 Å². The number of benzene rings is 2. The maximum absolute atomic E-state index is 13.0. The fourth-order valence-corrected chi connectivity index (χ4v) is 4.55. The molecule has 28 heavy (non-hydrogen) atoms. The quantitative estimate of drug-likeness (QED) is 0.641. The third kappa shape index (κ3) is 3.68. The van der Waals surface area contributed by atoms with E-state index in [2.05, 4.69) is 31.9 Å². The van der Waals surface area contributed by atoms with Crippen molar-refractivity contribution in [3.05, 3.63) is 63.0 Å². The number of likely N-dealkylation sites (tertiary alicyclic amines) is 1. The summed E-state index contributed by atoms with van der Waals surface area (Å²) in [6, 6.07) is 14.4. The lowest BCUT2D eigenvalue weighted by Gasteiger charge is -2.40. The van der Waals surface area contributed by atoms with Crippen LogP contribution in [0.3, 0.4) is 0 Å². The van der Waals surface area contributed by atoms with E-state index in [0.29, 0.717) is 31.6 Å². The van der Waals surface area contributed by atoms with E-state index in [1.54, 1.807) is 12.1 Å². The molecule has 2 fully saturated rings. The van der Waals surface area contributed by atoms with Gasteiger partial charge in [-0.2, -0.15) is 0 Å². The molecule has 1 unspecified atom stereocenters. The maximum atomic E-state index is 13.0. The Labute approximate surface area is 180 Å². The summed E-state index contributed by atoms with van der Waals surface area (Å²) < 4.78 is 1.87. The van der Waals surface area contributed by atoms with Crippen molar-refractivity contribution in [1.29, 1.82) is 0 Å². The van der Waals surface area contributed by atoms with E-state index in [0.717, 1.165) is 14.5 Å². The molecule has 2 amide bonds. The van der Waals surface area contributed by atoms with Gasteiger partial charge in [0.1, 0.15) is 0 Å². The number of carbonyl (C=O) groups is 2. The molecule has 2 aliphatic heterocycles. The SMILES string of the molecule is O=C1CC(N2CCC(O)(c3ccc(Br)cc3)CC2)C(=O)N1c1ccc(Br)cc1. The minimum atomic E-state index is -0.895. The molecule has 0 saturated carbocycles. The van der Waals surface area contributed by atoms with Gasteiger partial charge in [-0.3, -0.25) is 14.5 Å². The minimum absolute atomic E-state index is 0.175. The molecule has 1 N–H and O–H groups in total. The number of amides is 2. The number of carbonyl (C=O) groups excluding carboxylic acids is 2. The Morgan fingerprint density at radius 2 is 1.43 bits per heavy atom. The first-order chi connectivity index (χ1) is 13.4. The number of hydrogen-bond donors (Lipinski definition) is 1. The first-order valence-electron chi connectivity index (χ1n) is 9.22. The van der Waals surface area contributed by atoms with Gasteiger partial charge in [-0.15, -0.1) is 0 Å². The number of nitrogens with zero attached hydrogens (tertiary/aromatic N) is 2. The zero-order valence-electron chi connectivity index (χ0n) is 15.1. The number of hydrogen-bond acceptors (Lipinski definition) is 4. The minimum Gasteiger partial charge on any atom is -0.385 e. The maximum Gasteiger partial charge on any atom is 0.251 e. The molecule has 146 valence electrons. The number of halogens is 2. The molecule has 7 heteroatoms. The van der Waals surface area contributed by atoms with Crippen LogP contribution in [0.5, 0.6) is 0 Å². The molecule has 0 radical (unpaired) electrons. The monoisotopic (exact) mass is 506 g/mol. The number of rotatable bonds is 3. The Bertz CT molecular complexity index is 891. The second-order valence-corrected chi connectivity index (χ2v) is 9.17. The Morgan fingerprint density at radius 3 is 2.00 bits per heavy atom. The summed E-state index contributed by atoms with van der Waals surface area (Å²) >= 11 is 6.79. The fraction of sp³-hybridized carbons (Fsp3) is 0.333. The lowest BCUT2D eigenvalue weighted by Crippen LogP contribution is -2.49. The molecule has 5 nitrogen and oxygen atoms in total. The number of aliphatic hydroxyl groups is 1. The van der Waals surface area contributed by atoms with Crippen LogP contribution in [0, 0.1) is 0 Å². The molecule has 2 heterocycles. The summed E-state index contributed by atoms with van der Waals surface area (Å²) in [5.74, 6) is -0.354. The van der Waals surface area contributed by atoms with E-state index in [-0.39, 0.29) is 18.2 Å². The highest BCUT2D eigenvalue weighted by molar-refractivity contribution is 9.10. The van der Waals surface area contributed by atoms with Crippen LogP contribution in [0.4, 0.5) is 5.69 Å². The first-order valence-corrected chi connectivity index (χ1v) is 10.8. The Morgan fingerprint density at radius 1 is 0.893 bits per heavy atom. The molecule has 0 spiro atoms. The summed E-state index contributed by atoms with van der Waals surface area (Å²) in [6.45, 7) is 1.15. The highest BCUT2D eigenvalue weighted by Crippen LogP contribution is 2.36. The van der Waals surface area contributed by atoms with Gasteiger partial charge in [0, 0.05) is 22.0 Å². The highest BCUT2D eigenvalue weighted by Gasteiger charge is 2.45. The van der Waals surface area contributed by atoms with Crippen molar-refractivity contribution < 1.29 is 14.7 Å². The summed E-state index contributed by atoms with van der Waals surface area (Å²) in [6.07, 6.45) is 1.25. The normalized spacial score (nSPS) is 22.7. The number of anilines is 1. The van der Waals surface area contributed by atoms with Gasteiger partial charge in [0.05, 0.1) is 23.8 Å². The van der Waals surface area contributed by atoms with Crippen molar-refractivity contribution >= 4 is 49.4 Å². The van der Waals surface area contributed by atoms with Crippen molar-refractivity contribution in [2.75, 3.05) is 18.0 Å². The second kappa shape index (κ2) is 7.71. The Balaban J connectivity index is 1.46. The summed E-state index contributed by atoms with van der Waals surface area (Å²) in [5, 5.41) is 11.1. The van der Waals surface area contributed by atoms with Crippen LogP contribution in [0.15, 0.2) is 57.5 Å². The van der Waals surface area contributed by atoms with Gasteiger partial charge < -0.3 is 5.11 Å². The van der Waals surface area contributed by atoms with Gasteiger partial charge in [-0.1, -0.05) is 44.0 Å². The molecule has 0 bridgehead atoms. The largest absolute Gasteiger partial charge is 0.385 e. The van der Waals surface area contributed by atoms with Crippen LogP contribution >= 0.6 is 31.9 Å². The summed E-state index contributed by atoms with van der Waals surface area (Å²) in [5.41, 5.74) is 0.596. The van der Waals surface area contributed by atoms with Crippen molar-refractivity contribution in [3.8, 4) is 0 Å². The molecule has 4 rings (SSSR count). The highest BCUT2D eigenvalue weighted by atomic mass is 79.9. The Kier molecular flexibility index (Phi) is 5.44. The van der Waals surface area contributed by atoms with Gasteiger partial charge in [0.15, 0.2) is 0 Å². The molecule has 2 aromatic rings. The molecular formula is C21H20Br2N2O3. The van der Waals surface area contributed by atoms with Gasteiger partial charge in [-0.05, 0) is 54.8 Å². The predicted octanol–water partition coefficient (Wildman–Crippen LogP) is 3.83. The summed E-state index contributed by atoms with van der Waals surface area (Å²) in [4.78, 5) is 28.8. The van der Waals surface area contributed by atoms with E-state index in [9.17, 15) is 14.7 Å². The molecular weight excluding hydrogens is 488 g/mol. The van der Waals surface area contributed by atoms with Gasteiger partial charge in [0.2, 0.25) is 5.91 Å².